The first-order valence-electron chi connectivity index (χ1n) is 10.1. The predicted molar refractivity (Wildman–Crippen MR) is 104 cm³/mol. The van der Waals surface area contributed by atoms with Crippen molar-refractivity contribution in [3.63, 3.8) is 0 Å². The van der Waals surface area contributed by atoms with Crippen LogP contribution in [0.4, 0.5) is 0 Å². The summed E-state index contributed by atoms with van der Waals surface area (Å²) in [5, 5.41) is 23.5. The monoisotopic (exact) mass is 408 g/mol. The van der Waals surface area contributed by atoms with Gasteiger partial charge in [0, 0.05) is 25.7 Å². The Labute approximate surface area is 171 Å². The Hall–Kier alpha value is -1.57. The molecular weight excluding hydrogens is 376 g/mol. The average Bonchev–Trinajstić information content (AvgIpc) is 2.59. The second-order valence-electron chi connectivity index (χ2n) is 10.1. The Morgan fingerprint density at radius 2 is 1.79 bits per heavy atom. The van der Waals surface area contributed by atoms with E-state index in [4.69, 9.17) is 9.47 Å². The molecule has 0 aromatic rings. The van der Waals surface area contributed by atoms with Gasteiger partial charge in [0.2, 0.25) is 0 Å². The summed E-state index contributed by atoms with van der Waals surface area (Å²) in [4.78, 5) is 38.7. The number of carbonyl (C=O) groups excluding carboxylic acids is 3. The zero-order valence-electron chi connectivity index (χ0n) is 18.1. The molecule has 0 aromatic carbocycles. The lowest BCUT2D eigenvalue weighted by Crippen LogP contribution is -2.86. The van der Waals surface area contributed by atoms with E-state index in [0.717, 1.165) is 0 Å². The second-order valence-corrected chi connectivity index (χ2v) is 10.1. The summed E-state index contributed by atoms with van der Waals surface area (Å²) < 4.78 is 11.7. The highest BCUT2D eigenvalue weighted by atomic mass is 16.6. The van der Waals surface area contributed by atoms with E-state index in [2.05, 4.69) is 6.58 Å². The number of aliphatic hydroxyl groups excluding tert-OH is 1. The number of Topliss-reactive ketones (excluding diaryl/α,β-unsaturated/α-hetero) is 2. The van der Waals surface area contributed by atoms with Gasteiger partial charge in [-0.05, 0) is 32.6 Å². The van der Waals surface area contributed by atoms with Gasteiger partial charge in [0.1, 0.15) is 11.4 Å². The molecule has 3 fully saturated rings. The molecule has 7 unspecified atom stereocenters. The van der Waals surface area contributed by atoms with E-state index in [0.29, 0.717) is 6.42 Å². The van der Waals surface area contributed by atoms with E-state index in [1.807, 2.05) is 13.8 Å². The SMILES string of the molecule is C=CC1(C)CC(=O)C2(O)C(C)(O1)C(OC(C)=O)C(O)C1C(C)(C)CCC(=O)C12C. The third kappa shape index (κ3) is 2.56. The molecule has 0 amide bonds. The number of hydrogen-bond donors (Lipinski definition) is 2. The maximum atomic E-state index is 13.5. The summed E-state index contributed by atoms with van der Waals surface area (Å²) in [5.74, 6) is -2.35. The number of hydrogen-bond acceptors (Lipinski definition) is 7. The molecule has 0 spiro atoms. The maximum absolute atomic E-state index is 13.5. The second kappa shape index (κ2) is 6.22. The summed E-state index contributed by atoms with van der Waals surface area (Å²) in [6.45, 7) is 13.3. The molecule has 2 N–H and O–H groups in total. The Bertz CT molecular complexity index is 788. The van der Waals surface area contributed by atoms with E-state index >= 15 is 0 Å². The number of ether oxygens (including phenoxy) is 2. The van der Waals surface area contributed by atoms with E-state index < -0.39 is 57.5 Å². The first-order chi connectivity index (χ1) is 13.1. The van der Waals surface area contributed by atoms with Crippen LogP contribution in [0, 0.1) is 16.7 Å². The molecule has 7 nitrogen and oxygen atoms in total. The molecule has 0 radical (unpaired) electrons. The highest BCUT2D eigenvalue weighted by Gasteiger charge is 2.81. The van der Waals surface area contributed by atoms with Crippen LogP contribution < -0.4 is 0 Å². The molecule has 162 valence electrons. The fraction of sp³-hybridized carbons (Fsp3) is 0.773. The van der Waals surface area contributed by atoms with Gasteiger partial charge < -0.3 is 19.7 Å². The van der Waals surface area contributed by atoms with Crippen LogP contribution in [0.25, 0.3) is 0 Å². The van der Waals surface area contributed by atoms with Crippen molar-refractivity contribution in [1.29, 1.82) is 0 Å². The molecular formula is C22H32O7. The molecule has 0 aromatic heterocycles. The van der Waals surface area contributed by atoms with Crippen molar-refractivity contribution in [2.24, 2.45) is 16.7 Å². The average molecular weight is 408 g/mol. The molecule has 7 atom stereocenters. The number of esters is 1. The lowest BCUT2D eigenvalue weighted by atomic mass is 9.40. The topological polar surface area (TPSA) is 110 Å². The van der Waals surface area contributed by atoms with E-state index in [1.165, 1.54) is 19.9 Å². The zero-order valence-corrected chi connectivity index (χ0v) is 18.1. The van der Waals surface area contributed by atoms with Crippen LogP contribution in [0.2, 0.25) is 0 Å². The summed E-state index contributed by atoms with van der Waals surface area (Å²) in [7, 11) is 0. The van der Waals surface area contributed by atoms with E-state index in [-0.39, 0.29) is 18.6 Å². The highest BCUT2D eigenvalue weighted by molar-refractivity contribution is 6.00. The van der Waals surface area contributed by atoms with Crippen molar-refractivity contribution < 1.29 is 34.1 Å². The summed E-state index contributed by atoms with van der Waals surface area (Å²) >= 11 is 0. The summed E-state index contributed by atoms with van der Waals surface area (Å²) in [6, 6.07) is 0. The van der Waals surface area contributed by atoms with Crippen molar-refractivity contribution in [2.45, 2.75) is 89.8 Å². The third-order valence-electron chi connectivity index (χ3n) is 7.79. The van der Waals surface area contributed by atoms with Gasteiger partial charge in [0.25, 0.3) is 0 Å². The zero-order chi connectivity index (χ0) is 22.2. The molecule has 3 rings (SSSR count). The van der Waals surface area contributed by atoms with Crippen LogP contribution in [-0.2, 0) is 23.9 Å². The van der Waals surface area contributed by atoms with Crippen LogP contribution in [0.5, 0.6) is 0 Å². The normalized spacial score (nSPS) is 49.0. The van der Waals surface area contributed by atoms with Crippen molar-refractivity contribution in [2.75, 3.05) is 0 Å². The van der Waals surface area contributed by atoms with Gasteiger partial charge >= 0.3 is 5.97 Å². The lowest BCUT2D eigenvalue weighted by Gasteiger charge is -2.69. The van der Waals surface area contributed by atoms with Gasteiger partial charge in [0.15, 0.2) is 17.5 Å². The Balaban J connectivity index is 2.34. The highest BCUT2D eigenvalue weighted by Crippen LogP contribution is 2.65. The van der Waals surface area contributed by atoms with Gasteiger partial charge in [-0.2, -0.15) is 0 Å². The Morgan fingerprint density at radius 1 is 1.21 bits per heavy atom. The van der Waals surface area contributed by atoms with Gasteiger partial charge in [-0.15, -0.1) is 6.58 Å². The Kier molecular flexibility index (Phi) is 4.74. The van der Waals surface area contributed by atoms with Gasteiger partial charge in [-0.1, -0.05) is 19.9 Å². The van der Waals surface area contributed by atoms with Gasteiger partial charge in [-0.25, -0.2) is 0 Å². The number of rotatable bonds is 2. The minimum absolute atomic E-state index is 0.176. The molecule has 0 bridgehead atoms. The largest absolute Gasteiger partial charge is 0.457 e. The molecule has 2 saturated carbocycles. The fourth-order valence-electron chi connectivity index (χ4n) is 6.40. The fourth-order valence-corrected chi connectivity index (χ4v) is 6.40. The predicted octanol–water partition coefficient (Wildman–Crippen LogP) is 1.73. The van der Waals surface area contributed by atoms with Crippen LogP contribution in [0.1, 0.15) is 60.8 Å². The standard InChI is InChI=1S/C22H32O7/c1-8-19(5)11-14(25)22(27)20(6)13(24)9-10-18(3,4)16(20)15(26)17(28-12(2)23)21(22,7)29-19/h8,15-17,26-27H,1,9-11H2,2-7H3. The first-order valence-corrected chi connectivity index (χ1v) is 10.1. The molecule has 7 heteroatoms. The number of aliphatic hydroxyl groups is 2. The van der Waals surface area contributed by atoms with Crippen molar-refractivity contribution in [1.82, 2.24) is 0 Å². The molecule has 1 aliphatic heterocycles. The third-order valence-corrected chi connectivity index (χ3v) is 7.79. The van der Waals surface area contributed by atoms with Gasteiger partial charge in [0.05, 0.1) is 17.1 Å². The van der Waals surface area contributed by atoms with E-state index in [1.54, 1.807) is 13.8 Å². The Morgan fingerprint density at radius 3 is 2.31 bits per heavy atom. The molecule has 1 saturated heterocycles. The molecule has 3 aliphatic rings. The summed E-state index contributed by atoms with van der Waals surface area (Å²) in [5.41, 5.74) is -7.45. The van der Waals surface area contributed by atoms with Crippen molar-refractivity contribution in [3.8, 4) is 0 Å². The van der Waals surface area contributed by atoms with Crippen molar-refractivity contribution in [3.05, 3.63) is 12.7 Å². The summed E-state index contributed by atoms with van der Waals surface area (Å²) in [6.07, 6.45) is -0.711. The molecule has 2 aliphatic carbocycles. The number of fused-ring (bicyclic) bond motifs is 3. The van der Waals surface area contributed by atoms with Gasteiger partial charge in [-0.3, -0.25) is 14.4 Å². The molecule has 29 heavy (non-hydrogen) atoms. The van der Waals surface area contributed by atoms with Crippen molar-refractivity contribution >= 4 is 17.5 Å². The van der Waals surface area contributed by atoms with Crippen LogP contribution >= 0.6 is 0 Å². The maximum Gasteiger partial charge on any atom is 0.303 e. The number of ketones is 2. The minimum atomic E-state index is -2.28. The molecule has 1 heterocycles. The van der Waals surface area contributed by atoms with Crippen LogP contribution in [-0.4, -0.2) is 56.8 Å². The smallest absolute Gasteiger partial charge is 0.303 e. The van der Waals surface area contributed by atoms with E-state index in [9.17, 15) is 24.6 Å². The quantitative estimate of drug-likeness (QED) is 0.529. The van der Waals surface area contributed by atoms with Crippen LogP contribution in [0.15, 0.2) is 12.7 Å². The first kappa shape index (κ1) is 22.1. The minimum Gasteiger partial charge on any atom is -0.457 e. The van der Waals surface area contributed by atoms with Crippen LogP contribution in [0.3, 0.4) is 0 Å². The lowest BCUT2D eigenvalue weighted by molar-refractivity contribution is -0.347. The number of carbonyl (C=O) groups is 3.